The van der Waals surface area contributed by atoms with Gasteiger partial charge in [-0.25, -0.2) is 4.98 Å². The van der Waals surface area contributed by atoms with E-state index in [1.165, 1.54) is 0 Å². The first kappa shape index (κ1) is 7.82. The van der Waals surface area contributed by atoms with Gasteiger partial charge < -0.3 is 0 Å². The summed E-state index contributed by atoms with van der Waals surface area (Å²) in [5, 5.41) is 0. The lowest BCUT2D eigenvalue weighted by Gasteiger charge is -2.08. The minimum atomic E-state index is -0.00685. The van der Waals surface area contributed by atoms with Crippen molar-refractivity contribution in [3.63, 3.8) is 0 Å². The van der Waals surface area contributed by atoms with Crippen LogP contribution in [0.15, 0.2) is 22.9 Å². The van der Waals surface area contributed by atoms with Crippen LogP contribution in [0.4, 0.5) is 0 Å². The molecule has 0 aromatic carbocycles. The maximum absolute atomic E-state index is 5.47. The number of hydrogen-bond donors (Lipinski definition) is 0. The second-order valence-electron chi connectivity index (χ2n) is 3.07. The van der Waals surface area contributed by atoms with E-state index in [9.17, 15) is 0 Å². The molecule has 12 heavy (non-hydrogen) atoms. The van der Waals surface area contributed by atoms with Crippen LogP contribution in [0.25, 0.3) is 0 Å². The Bertz CT molecular complexity index is 347. The van der Waals surface area contributed by atoms with Crippen LogP contribution in [0.2, 0.25) is 0 Å². The molecule has 0 radical (unpaired) electrons. The van der Waals surface area contributed by atoms with Crippen LogP contribution in [-0.4, -0.2) is 4.98 Å². The van der Waals surface area contributed by atoms with E-state index in [2.05, 4.69) is 26.8 Å². The second kappa shape index (κ2) is 2.60. The quantitative estimate of drug-likeness (QED) is 0.525. The highest BCUT2D eigenvalue weighted by Crippen LogP contribution is 2.49. The van der Waals surface area contributed by atoms with Gasteiger partial charge in [0, 0.05) is 11.8 Å². The molecule has 1 aliphatic carbocycles. The summed E-state index contributed by atoms with van der Waals surface area (Å²) in [5.41, 5.74) is 1.15. The summed E-state index contributed by atoms with van der Waals surface area (Å²) in [4.78, 5) is 4.15. The Morgan fingerprint density at radius 2 is 2.33 bits per heavy atom. The maximum atomic E-state index is 5.47. The van der Waals surface area contributed by atoms with Gasteiger partial charge in [-0.05, 0) is 34.8 Å². The number of aromatic nitrogens is 1. The second-order valence-corrected chi connectivity index (χ2v) is 3.82. The number of terminal acetylenes is 1. The molecule has 0 unspecified atom stereocenters. The van der Waals surface area contributed by atoms with Crippen LogP contribution in [0.3, 0.4) is 0 Å². The molecule has 2 rings (SSSR count). The van der Waals surface area contributed by atoms with E-state index < -0.39 is 0 Å². The van der Waals surface area contributed by atoms with Gasteiger partial charge in [0.1, 0.15) is 4.60 Å². The lowest BCUT2D eigenvalue weighted by atomic mass is 9.99. The highest BCUT2D eigenvalue weighted by Gasteiger charge is 2.44. The molecule has 1 aromatic rings. The molecular formula is C10H8BrN. The van der Waals surface area contributed by atoms with Crippen LogP contribution in [0.5, 0.6) is 0 Å². The molecular weight excluding hydrogens is 214 g/mol. The Labute approximate surface area is 80.3 Å². The van der Waals surface area contributed by atoms with E-state index in [4.69, 9.17) is 6.42 Å². The SMILES string of the molecule is C#CC1(c2cccnc2Br)CC1. The first-order valence-corrected chi connectivity index (χ1v) is 4.66. The Morgan fingerprint density at radius 1 is 1.58 bits per heavy atom. The van der Waals surface area contributed by atoms with E-state index in [0.29, 0.717) is 0 Å². The third kappa shape index (κ3) is 1.05. The number of halogens is 1. The third-order valence-corrected chi connectivity index (χ3v) is 2.93. The van der Waals surface area contributed by atoms with Crippen LogP contribution >= 0.6 is 15.9 Å². The summed E-state index contributed by atoms with van der Waals surface area (Å²) in [6, 6.07) is 3.97. The summed E-state index contributed by atoms with van der Waals surface area (Å²) >= 11 is 3.41. The predicted molar refractivity (Wildman–Crippen MR) is 51.7 cm³/mol. The molecule has 0 amide bonds. The summed E-state index contributed by atoms with van der Waals surface area (Å²) in [5.74, 6) is 2.84. The summed E-state index contributed by atoms with van der Waals surface area (Å²) in [7, 11) is 0. The van der Waals surface area contributed by atoms with Gasteiger partial charge >= 0.3 is 0 Å². The monoisotopic (exact) mass is 221 g/mol. The van der Waals surface area contributed by atoms with Crippen molar-refractivity contribution in [2.75, 3.05) is 0 Å². The molecule has 0 N–H and O–H groups in total. The van der Waals surface area contributed by atoms with Crippen molar-refractivity contribution in [3.8, 4) is 12.3 Å². The number of nitrogens with zero attached hydrogens (tertiary/aromatic N) is 1. The van der Waals surface area contributed by atoms with Gasteiger partial charge in [0.25, 0.3) is 0 Å². The zero-order valence-corrected chi connectivity index (χ0v) is 8.13. The standard InChI is InChI=1S/C10H8BrN/c1-2-10(5-6-10)8-4-3-7-12-9(8)11/h1,3-4,7H,5-6H2. The van der Waals surface area contributed by atoms with E-state index in [0.717, 1.165) is 23.0 Å². The molecule has 1 aromatic heterocycles. The topological polar surface area (TPSA) is 12.9 Å². The van der Waals surface area contributed by atoms with Crippen molar-refractivity contribution in [2.24, 2.45) is 0 Å². The van der Waals surface area contributed by atoms with Crippen LogP contribution < -0.4 is 0 Å². The van der Waals surface area contributed by atoms with Crippen molar-refractivity contribution >= 4 is 15.9 Å². The molecule has 0 aliphatic heterocycles. The summed E-state index contributed by atoms with van der Waals surface area (Å²) in [6.07, 6.45) is 9.42. The average molecular weight is 222 g/mol. The fourth-order valence-electron chi connectivity index (χ4n) is 1.36. The van der Waals surface area contributed by atoms with Crippen molar-refractivity contribution in [2.45, 2.75) is 18.3 Å². The number of rotatable bonds is 1. The number of hydrogen-bond acceptors (Lipinski definition) is 1. The van der Waals surface area contributed by atoms with Gasteiger partial charge in [-0.2, -0.15) is 0 Å². The highest BCUT2D eigenvalue weighted by molar-refractivity contribution is 9.10. The van der Waals surface area contributed by atoms with Crippen LogP contribution in [-0.2, 0) is 5.41 Å². The molecule has 1 aliphatic rings. The first-order valence-electron chi connectivity index (χ1n) is 3.87. The molecule has 0 bridgehead atoms. The minimum Gasteiger partial charge on any atom is -0.249 e. The van der Waals surface area contributed by atoms with Gasteiger partial charge in [0.15, 0.2) is 0 Å². The van der Waals surface area contributed by atoms with Crippen molar-refractivity contribution < 1.29 is 0 Å². The molecule has 0 spiro atoms. The molecule has 1 heterocycles. The zero-order valence-electron chi connectivity index (χ0n) is 6.55. The highest BCUT2D eigenvalue weighted by atomic mass is 79.9. The Kier molecular flexibility index (Phi) is 1.69. The van der Waals surface area contributed by atoms with E-state index in [-0.39, 0.29) is 5.41 Å². The van der Waals surface area contributed by atoms with E-state index >= 15 is 0 Å². The lowest BCUT2D eigenvalue weighted by molar-refractivity contribution is 0.905. The summed E-state index contributed by atoms with van der Waals surface area (Å²) in [6.45, 7) is 0. The van der Waals surface area contributed by atoms with Gasteiger partial charge in [-0.3, -0.25) is 0 Å². The summed E-state index contributed by atoms with van der Waals surface area (Å²) < 4.78 is 0.889. The Hall–Kier alpha value is -0.810. The molecule has 1 nitrogen and oxygen atoms in total. The lowest BCUT2D eigenvalue weighted by Crippen LogP contribution is -2.03. The van der Waals surface area contributed by atoms with Gasteiger partial charge in [-0.1, -0.05) is 12.0 Å². The normalized spacial score (nSPS) is 18.3. The zero-order chi connectivity index (χ0) is 8.60. The fraction of sp³-hybridized carbons (Fsp3) is 0.300. The van der Waals surface area contributed by atoms with Crippen LogP contribution in [0, 0.1) is 12.3 Å². The minimum absolute atomic E-state index is 0.00685. The Morgan fingerprint density at radius 3 is 2.83 bits per heavy atom. The first-order chi connectivity index (χ1) is 5.78. The number of pyridine rings is 1. The van der Waals surface area contributed by atoms with Gasteiger partial charge in [0.05, 0.1) is 5.41 Å². The molecule has 1 fully saturated rings. The molecule has 1 saturated carbocycles. The van der Waals surface area contributed by atoms with Gasteiger partial charge in [-0.15, -0.1) is 6.42 Å². The largest absolute Gasteiger partial charge is 0.249 e. The molecule has 0 saturated heterocycles. The molecule has 0 atom stereocenters. The van der Waals surface area contributed by atoms with E-state index in [1.54, 1.807) is 6.20 Å². The molecule has 60 valence electrons. The maximum Gasteiger partial charge on any atom is 0.110 e. The van der Waals surface area contributed by atoms with Crippen molar-refractivity contribution in [3.05, 3.63) is 28.5 Å². The van der Waals surface area contributed by atoms with Crippen molar-refractivity contribution in [1.29, 1.82) is 0 Å². The third-order valence-electron chi connectivity index (χ3n) is 2.30. The van der Waals surface area contributed by atoms with Gasteiger partial charge in [0.2, 0.25) is 0 Å². The Balaban J connectivity index is 2.48. The smallest absolute Gasteiger partial charge is 0.110 e. The van der Waals surface area contributed by atoms with Crippen LogP contribution in [0.1, 0.15) is 18.4 Å². The average Bonchev–Trinajstić information content (AvgIpc) is 2.86. The van der Waals surface area contributed by atoms with E-state index in [1.807, 2.05) is 12.1 Å². The predicted octanol–water partition coefficient (Wildman–Crippen LogP) is 2.51. The van der Waals surface area contributed by atoms with Crippen molar-refractivity contribution in [1.82, 2.24) is 4.98 Å². The molecule has 2 heteroatoms. The fourth-order valence-corrected chi connectivity index (χ4v) is 1.99.